The number of unbranched alkanes of at least 4 members (excludes halogenated alkanes) is 47. The zero-order chi connectivity index (χ0) is 55.6. The van der Waals surface area contributed by atoms with Gasteiger partial charge in [-0.3, -0.25) is 14.2 Å². The zero-order valence-electron chi connectivity index (χ0n) is 51.5. The number of esters is 2. The van der Waals surface area contributed by atoms with Gasteiger partial charge in [0, 0.05) is 12.8 Å². The van der Waals surface area contributed by atoms with E-state index >= 15 is 0 Å². The predicted molar refractivity (Wildman–Crippen MR) is 324 cm³/mol. The number of hydrogen-bond acceptors (Lipinski definition) is 8. The van der Waals surface area contributed by atoms with Crippen molar-refractivity contribution in [1.29, 1.82) is 0 Å². The van der Waals surface area contributed by atoms with Crippen molar-refractivity contribution in [1.82, 2.24) is 0 Å². The van der Waals surface area contributed by atoms with Crippen molar-refractivity contribution in [2.75, 3.05) is 47.5 Å². The molecule has 2 unspecified atom stereocenters. The van der Waals surface area contributed by atoms with E-state index in [1.165, 1.54) is 283 Å². The molecule has 0 rings (SSSR count). The van der Waals surface area contributed by atoms with Crippen LogP contribution in [0.15, 0.2) is 12.2 Å². The fraction of sp³-hybridized carbons (Fsp3) is 0.939. The van der Waals surface area contributed by atoms with Gasteiger partial charge < -0.3 is 27.9 Å². The van der Waals surface area contributed by atoms with E-state index in [0.717, 1.165) is 32.1 Å². The number of hydrogen-bond donors (Lipinski definition) is 0. The largest absolute Gasteiger partial charge is 0.756 e. The summed E-state index contributed by atoms with van der Waals surface area (Å²) >= 11 is 0. The quantitative estimate of drug-likeness (QED) is 0.0195. The van der Waals surface area contributed by atoms with Crippen molar-refractivity contribution in [3.05, 3.63) is 12.2 Å². The zero-order valence-corrected chi connectivity index (χ0v) is 52.4. The topological polar surface area (TPSA) is 111 Å². The molecule has 0 aliphatic carbocycles. The Morgan fingerprint density at radius 2 is 0.671 bits per heavy atom. The number of phosphoric acid groups is 1. The monoisotopic (exact) mass is 1100 g/mol. The second kappa shape index (κ2) is 58.4. The van der Waals surface area contributed by atoms with Crippen LogP contribution >= 0.6 is 7.82 Å². The Hall–Kier alpha value is -1.25. The van der Waals surface area contributed by atoms with E-state index in [9.17, 15) is 19.0 Å². The van der Waals surface area contributed by atoms with Gasteiger partial charge in [0.2, 0.25) is 0 Å². The molecule has 0 fully saturated rings. The highest BCUT2D eigenvalue weighted by atomic mass is 31.2. The van der Waals surface area contributed by atoms with Crippen LogP contribution in [0.2, 0.25) is 0 Å². The lowest BCUT2D eigenvalue weighted by Crippen LogP contribution is -2.37. The molecular weight excluding hydrogens is 966 g/mol. The molecule has 0 heterocycles. The Bertz CT molecular complexity index is 1290. The third-order valence-electron chi connectivity index (χ3n) is 15.3. The molecule has 10 heteroatoms. The summed E-state index contributed by atoms with van der Waals surface area (Å²) in [5, 5.41) is 0. The summed E-state index contributed by atoms with van der Waals surface area (Å²) in [5.41, 5.74) is 0. The van der Waals surface area contributed by atoms with Crippen LogP contribution in [0.5, 0.6) is 0 Å². The summed E-state index contributed by atoms with van der Waals surface area (Å²) in [6.45, 7) is 4.29. The van der Waals surface area contributed by atoms with Gasteiger partial charge in [0.25, 0.3) is 7.82 Å². The molecule has 76 heavy (non-hydrogen) atoms. The van der Waals surface area contributed by atoms with Crippen molar-refractivity contribution in [2.45, 2.75) is 354 Å². The van der Waals surface area contributed by atoms with Gasteiger partial charge in [0.05, 0.1) is 27.7 Å². The number of allylic oxidation sites excluding steroid dienone is 2. The molecule has 2 atom stereocenters. The first-order valence-electron chi connectivity index (χ1n) is 33.4. The van der Waals surface area contributed by atoms with Crippen molar-refractivity contribution in [3.8, 4) is 0 Å². The maximum Gasteiger partial charge on any atom is 0.306 e. The first-order chi connectivity index (χ1) is 37.0. The molecular formula is C66H130NO8P. The van der Waals surface area contributed by atoms with E-state index in [1.54, 1.807) is 0 Å². The Kier molecular flexibility index (Phi) is 57.4. The fourth-order valence-electron chi connectivity index (χ4n) is 10.1. The highest BCUT2D eigenvalue weighted by Gasteiger charge is 2.22. The normalized spacial score (nSPS) is 13.2. The van der Waals surface area contributed by atoms with Crippen LogP contribution in [-0.2, 0) is 32.7 Å². The molecule has 9 nitrogen and oxygen atoms in total. The number of likely N-dealkylation sites (N-methyl/N-ethyl adjacent to an activating group) is 1. The number of ether oxygens (including phenoxy) is 2. The molecule has 0 radical (unpaired) electrons. The van der Waals surface area contributed by atoms with E-state index < -0.39 is 26.5 Å². The Morgan fingerprint density at radius 3 is 0.974 bits per heavy atom. The number of nitrogens with zero attached hydrogens (tertiary/aromatic N) is 1. The lowest BCUT2D eigenvalue weighted by atomic mass is 10.0. The minimum Gasteiger partial charge on any atom is -0.756 e. The highest BCUT2D eigenvalue weighted by molar-refractivity contribution is 7.45. The first-order valence-corrected chi connectivity index (χ1v) is 34.9. The average Bonchev–Trinajstić information content (AvgIpc) is 3.38. The van der Waals surface area contributed by atoms with Crippen molar-refractivity contribution < 1.29 is 42.1 Å². The summed E-state index contributed by atoms with van der Waals surface area (Å²) < 4.78 is 34.2. The highest BCUT2D eigenvalue weighted by Crippen LogP contribution is 2.38. The van der Waals surface area contributed by atoms with Crippen LogP contribution in [0.25, 0.3) is 0 Å². The molecule has 0 saturated carbocycles. The number of carbonyl (C=O) groups excluding carboxylic acids is 2. The van der Waals surface area contributed by atoms with Crippen LogP contribution in [0.1, 0.15) is 348 Å². The van der Waals surface area contributed by atoms with Crippen LogP contribution in [-0.4, -0.2) is 70.0 Å². The Balaban J connectivity index is 3.83. The molecule has 452 valence electrons. The molecule has 0 aromatic rings. The second-order valence-corrected chi connectivity index (χ2v) is 25.6. The van der Waals surface area contributed by atoms with E-state index in [0.29, 0.717) is 17.4 Å². The molecule has 0 aromatic carbocycles. The minimum absolute atomic E-state index is 0.0258. The SMILES string of the molecule is CCCCCCCCCC/C=C\CCCCCCCCCCCCCCCCCCCCCCCCCCCCCC(=O)OC(COC(=O)CCCCCCCCCCCCCCC)COP(=O)([O-])OCC[N+](C)(C)C. The van der Waals surface area contributed by atoms with E-state index in [4.69, 9.17) is 18.5 Å². The Morgan fingerprint density at radius 1 is 0.395 bits per heavy atom. The number of rotatable bonds is 63. The summed E-state index contributed by atoms with van der Waals surface area (Å²) in [4.78, 5) is 37.8. The van der Waals surface area contributed by atoms with E-state index in [1.807, 2.05) is 21.1 Å². The van der Waals surface area contributed by atoms with Gasteiger partial charge in [-0.05, 0) is 38.5 Å². The van der Waals surface area contributed by atoms with Crippen LogP contribution in [0.4, 0.5) is 0 Å². The minimum atomic E-state index is -4.63. The van der Waals surface area contributed by atoms with Gasteiger partial charge in [-0.25, -0.2) is 0 Å². The summed E-state index contributed by atoms with van der Waals surface area (Å²) in [5.74, 6) is -0.812. The first kappa shape index (κ1) is 74.8. The maximum atomic E-state index is 12.8. The molecule has 0 N–H and O–H groups in total. The van der Waals surface area contributed by atoms with Gasteiger partial charge in [-0.1, -0.05) is 309 Å². The van der Waals surface area contributed by atoms with Crippen LogP contribution < -0.4 is 4.89 Å². The molecule has 0 bridgehead atoms. The van der Waals surface area contributed by atoms with Gasteiger partial charge >= 0.3 is 11.9 Å². The standard InChI is InChI=1S/C66H130NO8P/c1-6-8-10-12-14-16-18-20-21-22-23-24-25-26-27-28-29-30-31-32-33-34-35-36-37-38-39-40-41-42-43-44-45-47-49-51-53-55-57-59-66(69)75-64(63-74-76(70,71)73-61-60-67(3,4)5)62-72-65(68)58-56-54-52-50-48-46-19-17-15-13-11-9-7-2/h22-23,64H,6-21,24-63H2,1-5H3/b23-22-. The predicted octanol–water partition coefficient (Wildman–Crippen LogP) is 20.5. The fourth-order valence-corrected chi connectivity index (χ4v) is 10.9. The van der Waals surface area contributed by atoms with E-state index in [2.05, 4.69) is 26.0 Å². The third-order valence-corrected chi connectivity index (χ3v) is 16.2. The van der Waals surface area contributed by atoms with E-state index in [-0.39, 0.29) is 32.0 Å². The van der Waals surface area contributed by atoms with Gasteiger partial charge in [0.1, 0.15) is 19.8 Å². The van der Waals surface area contributed by atoms with Gasteiger partial charge in [-0.2, -0.15) is 0 Å². The molecule has 0 saturated heterocycles. The summed E-state index contributed by atoms with van der Waals surface area (Å²) in [6, 6.07) is 0. The van der Waals surface area contributed by atoms with Gasteiger partial charge in [0.15, 0.2) is 6.10 Å². The lowest BCUT2D eigenvalue weighted by molar-refractivity contribution is -0.870. The third kappa shape index (κ3) is 62.0. The summed E-state index contributed by atoms with van der Waals surface area (Å²) in [6.07, 6.45) is 70.3. The molecule has 0 amide bonds. The smallest absolute Gasteiger partial charge is 0.306 e. The molecule has 0 aliphatic heterocycles. The van der Waals surface area contributed by atoms with Crippen LogP contribution in [0, 0.1) is 0 Å². The van der Waals surface area contributed by atoms with Crippen LogP contribution in [0.3, 0.4) is 0 Å². The second-order valence-electron chi connectivity index (χ2n) is 24.2. The molecule has 0 spiro atoms. The van der Waals surface area contributed by atoms with Crippen molar-refractivity contribution >= 4 is 19.8 Å². The van der Waals surface area contributed by atoms with Crippen molar-refractivity contribution in [2.24, 2.45) is 0 Å². The average molecular weight is 1100 g/mol. The lowest BCUT2D eigenvalue weighted by Gasteiger charge is -2.28. The van der Waals surface area contributed by atoms with Gasteiger partial charge in [-0.15, -0.1) is 0 Å². The summed E-state index contributed by atoms with van der Waals surface area (Å²) in [7, 11) is 1.19. The molecule has 0 aromatic heterocycles. The number of carbonyl (C=O) groups is 2. The van der Waals surface area contributed by atoms with Crippen molar-refractivity contribution in [3.63, 3.8) is 0 Å². The number of phosphoric ester groups is 1. The Labute approximate surface area is 473 Å². The molecule has 0 aliphatic rings. The maximum absolute atomic E-state index is 12.8. The number of quaternary nitrogens is 1.